The summed E-state index contributed by atoms with van der Waals surface area (Å²) in [7, 11) is -3.50. The molecule has 0 atom stereocenters. The van der Waals surface area contributed by atoms with E-state index in [2.05, 4.69) is 0 Å². The summed E-state index contributed by atoms with van der Waals surface area (Å²) in [5.74, 6) is 0.0430. The zero-order chi connectivity index (χ0) is 18.7. The normalized spacial score (nSPS) is 15.8. The molecule has 6 heteroatoms. The third kappa shape index (κ3) is 4.14. The second-order valence-electron chi connectivity index (χ2n) is 6.76. The van der Waals surface area contributed by atoms with E-state index in [0.29, 0.717) is 37.5 Å². The lowest BCUT2D eigenvalue weighted by Gasteiger charge is -2.34. The second-order valence-corrected chi connectivity index (χ2v) is 8.70. The summed E-state index contributed by atoms with van der Waals surface area (Å²) in [4.78, 5) is 14.6. The maximum absolute atomic E-state index is 12.8. The Morgan fingerprint density at radius 3 is 2.19 bits per heavy atom. The summed E-state index contributed by atoms with van der Waals surface area (Å²) in [5.41, 5.74) is 3.06. The van der Waals surface area contributed by atoms with E-state index in [1.54, 1.807) is 23.1 Å². The molecule has 0 N–H and O–H groups in total. The predicted octanol–water partition coefficient (Wildman–Crippen LogP) is 2.38. The van der Waals surface area contributed by atoms with Crippen LogP contribution in [0.3, 0.4) is 0 Å². The number of hydrogen-bond donors (Lipinski definition) is 0. The van der Waals surface area contributed by atoms with Crippen LogP contribution in [0.5, 0.6) is 0 Å². The number of carbonyl (C=O) groups is 1. The van der Waals surface area contributed by atoms with Crippen LogP contribution in [0.25, 0.3) is 0 Å². The summed E-state index contributed by atoms with van der Waals surface area (Å²) in [5, 5.41) is 0. The molecule has 2 aromatic rings. The molecule has 138 valence electrons. The number of benzene rings is 2. The zero-order valence-corrected chi connectivity index (χ0v) is 16.0. The highest BCUT2D eigenvalue weighted by molar-refractivity contribution is 7.89. The standard InChI is InChI=1S/C20H24N2O3S/c1-16-6-8-18(9-7-16)15-20(23)21-10-12-22(13-11-21)26(24,25)19-5-3-4-17(2)14-19/h3-9,14H,10-13,15H2,1-2H3. The molecule has 0 spiro atoms. The van der Waals surface area contributed by atoms with Gasteiger partial charge in [0, 0.05) is 26.2 Å². The molecule has 3 rings (SSSR count). The lowest BCUT2D eigenvalue weighted by atomic mass is 10.1. The average Bonchev–Trinajstić information content (AvgIpc) is 2.64. The molecule has 0 saturated carbocycles. The molecule has 0 bridgehead atoms. The smallest absolute Gasteiger partial charge is 0.243 e. The van der Waals surface area contributed by atoms with Crippen LogP contribution in [-0.4, -0.2) is 49.7 Å². The minimum absolute atomic E-state index is 0.0430. The first-order valence-electron chi connectivity index (χ1n) is 8.76. The third-order valence-electron chi connectivity index (χ3n) is 4.69. The SMILES string of the molecule is Cc1ccc(CC(=O)N2CCN(S(=O)(=O)c3cccc(C)c3)CC2)cc1. The van der Waals surface area contributed by atoms with Gasteiger partial charge in [-0.25, -0.2) is 8.42 Å². The minimum Gasteiger partial charge on any atom is -0.340 e. The van der Waals surface area contributed by atoms with Crippen LogP contribution in [0.4, 0.5) is 0 Å². The Morgan fingerprint density at radius 2 is 1.58 bits per heavy atom. The van der Waals surface area contributed by atoms with Gasteiger partial charge in [-0.2, -0.15) is 4.31 Å². The molecule has 26 heavy (non-hydrogen) atoms. The van der Waals surface area contributed by atoms with Crippen LogP contribution in [0.15, 0.2) is 53.4 Å². The lowest BCUT2D eigenvalue weighted by molar-refractivity contribution is -0.131. The fraction of sp³-hybridized carbons (Fsp3) is 0.350. The van der Waals surface area contributed by atoms with Crippen molar-refractivity contribution in [3.63, 3.8) is 0 Å². The molecular weight excluding hydrogens is 348 g/mol. The van der Waals surface area contributed by atoms with Crippen LogP contribution < -0.4 is 0 Å². The van der Waals surface area contributed by atoms with Crippen molar-refractivity contribution >= 4 is 15.9 Å². The van der Waals surface area contributed by atoms with Crippen molar-refractivity contribution in [1.29, 1.82) is 0 Å². The van der Waals surface area contributed by atoms with Crippen molar-refractivity contribution in [2.24, 2.45) is 0 Å². The van der Waals surface area contributed by atoms with E-state index in [0.717, 1.165) is 16.7 Å². The Kier molecular flexibility index (Phi) is 5.44. The number of sulfonamides is 1. The van der Waals surface area contributed by atoms with Gasteiger partial charge in [-0.3, -0.25) is 4.79 Å². The van der Waals surface area contributed by atoms with E-state index < -0.39 is 10.0 Å². The van der Waals surface area contributed by atoms with Crippen molar-refractivity contribution in [1.82, 2.24) is 9.21 Å². The largest absolute Gasteiger partial charge is 0.340 e. The molecular formula is C20H24N2O3S. The molecule has 0 unspecified atom stereocenters. The molecule has 5 nitrogen and oxygen atoms in total. The number of amides is 1. The predicted molar refractivity (Wildman–Crippen MR) is 101 cm³/mol. The van der Waals surface area contributed by atoms with Gasteiger partial charge in [0.05, 0.1) is 11.3 Å². The highest BCUT2D eigenvalue weighted by Crippen LogP contribution is 2.19. The van der Waals surface area contributed by atoms with Crippen LogP contribution in [-0.2, 0) is 21.2 Å². The first kappa shape index (κ1) is 18.6. The second kappa shape index (κ2) is 7.60. The molecule has 0 radical (unpaired) electrons. The Balaban J connectivity index is 1.61. The first-order chi connectivity index (χ1) is 12.4. The maximum atomic E-state index is 12.8. The van der Waals surface area contributed by atoms with Gasteiger partial charge in [0.25, 0.3) is 0 Å². The Hall–Kier alpha value is -2.18. The van der Waals surface area contributed by atoms with E-state index in [-0.39, 0.29) is 5.91 Å². The van der Waals surface area contributed by atoms with Crippen LogP contribution in [0, 0.1) is 13.8 Å². The quantitative estimate of drug-likeness (QED) is 0.828. The van der Waals surface area contributed by atoms with Gasteiger partial charge in [0.2, 0.25) is 15.9 Å². The van der Waals surface area contributed by atoms with Crippen molar-refractivity contribution in [3.05, 3.63) is 65.2 Å². The maximum Gasteiger partial charge on any atom is 0.243 e. The fourth-order valence-electron chi connectivity index (χ4n) is 3.10. The highest BCUT2D eigenvalue weighted by Gasteiger charge is 2.30. The molecule has 1 heterocycles. The molecule has 0 aliphatic carbocycles. The summed E-state index contributed by atoms with van der Waals surface area (Å²) in [6.45, 7) is 5.40. The van der Waals surface area contributed by atoms with E-state index in [1.165, 1.54) is 4.31 Å². The number of rotatable bonds is 4. The molecule has 1 saturated heterocycles. The van der Waals surface area contributed by atoms with E-state index >= 15 is 0 Å². The zero-order valence-electron chi connectivity index (χ0n) is 15.2. The van der Waals surface area contributed by atoms with E-state index in [4.69, 9.17) is 0 Å². The van der Waals surface area contributed by atoms with Crippen molar-refractivity contribution in [2.75, 3.05) is 26.2 Å². The fourth-order valence-corrected chi connectivity index (χ4v) is 4.62. The molecule has 1 aliphatic rings. The van der Waals surface area contributed by atoms with Gasteiger partial charge in [0.15, 0.2) is 0 Å². The number of carbonyl (C=O) groups excluding carboxylic acids is 1. The van der Waals surface area contributed by atoms with E-state index in [1.807, 2.05) is 44.2 Å². The van der Waals surface area contributed by atoms with Gasteiger partial charge in [-0.05, 0) is 37.1 Å². The lowest BCUT2D eigenvalue weighted by Crippen LogP contribution is -2.50. The Labute approximate surface area is 155 Å². The average molecular weight is 372 g/mol. The van der Waals surface area contributed by atoms with Crippen molar-refractivity contribution in [2.45, 2.75) is 25.2 Å². The molecule has 1 amide bonds. The number of piperazine rings is 1. The summed E-state index contributed by atoms with van der Waals surface area (Å²) in [6.07, 6.45) is 0.352. The Morgan fingerprint density at radius 1 is 0.923 bits per heavy atom. The number of aryl methyl sites for hydroxylation is 2. The monoisotopic (exact) mass is 372 g/mol. The number of hydrogen-bond acceptors (Lipinski definition) is 3. The van der Waals surface area contributed by atoms with Crippen molar-refractivity contribution in [3.8, 4) is 0 Å². The number of nitrogens with zero attached hydrogens (tertiary/aromatic N) is 2. The van der Waals surface area contributed by atoms with Crippen molar-refractivity contribution < 1.29 is 13.2 Å². The van der Waals surface area contributed by atoms with E-state index in [9.17, 15) is 13.2 Å². The van der Waals surface area contributed by atoms with Crippen LogP contribution in [0.2, 0.25) is 0 Å². The first-order valence-corrected chi connectivity index (χ1v) is 10.2. The molecule has 1 aliphatic heterocycles. The van der Waals surface area contributed by atoms with Crippen LogP contribution >= 0.6 is 0 Å². The molecule has 1 fully saturated rings. The van der Waals surface area contributed by atoms with Gasteiger partial charge in [-0.1, -0.05) is 42.0 Å². The van der Waals surface area contributed by atoms with Gasteiger partial charge >= 0.3 is 0 Å². The van der Waals surface area contributed by atoms with Gasteiger partial charge in [-0.15, -0.1) is 0 Å². The van der Waals surface area contributed by atoms with Gasteiger partial charge < -0.3 is 4.90 Å². The molecule has 2 aromatic carbocycles. The minimum atomic E-state index is -3.50. The third-order valence-corrected chi connectivity index (χ3v) is 6.59. The summed E-state index contributed by atoms with van der Waals surface area (Å²) >= 11 is 0. The summed E-state index contributed by atoms with van der Waals surface area (Å²) in [6, 6.07) is 14.9. The Bertz CT molecular complexity index is 884. The topological polar surface area (TPSA) is 57.7 Å². The van der Waals surface area contributed by atoms with Crippen LogP contribution in [0.1, 0.15) is 16.7 Å². The van der Waals surface area contributed by atoms with Gasteiger partial charge in [0.1, 0.15) is 0 Å². The molecule has 0 aromatic heterocycles. The summed E-state index contributed by atoms with van der Waals surface area (Å²) < 4.78 is 27.0. The highest BCUT2D eigenvalue weighted by atomic mass is 32.2.